The Hall–Kier alpha value is -3.10. The van der Waals surface area contributed by atoms with Crippen LogP contribution in [0.2, 0.25) is 10.0 Å². The van der Waals surface area contributed by atoms with Crippen molar-refractivity contribution in [1.29, 1.82) is 0 Å². The maximum atomic E-state index is 12.9. The third-order valence-electron chi connectivity index (χ3n) is 4.89. The molecule has 0 aliphatic carbocycles. The van der Waals surface area contributed by atoms with Crippen LogP contribution in [0, 0.1) is 5.92 Å². The summed E-state index contributed by atoms with van der Waals surface area (Å²) < 4.78 is 21.8. The standard InChI is InChI=1S/C25H27Cl2NO7/c1-6-7-20(35-21-9-8-17(26)13-18(21)27)15(3)33-25(31)14(2)12-19(30)23-24(34-16(4)29)22(32-5)10-11-28-23/h6,8-11,13-15,20H,1,7,12H2,2-5H3/t14-,15+,20-/m1/s1. The smallest absolute Gasteiger partial charge is 0.309 e. The Morgan fingerprint density at radius 3 is 2.46 bits per heavy atom. The number of ketones is 1. The molecule has 0 saturated heterocycles. The van der Waals surface area contributed by atoms with E-state index >= 15 is 0 Å². The number of ether oxygens (including phenoxy) is 4. The number of benzene rings is 1. The van der Waals surface area contributed by atoms with Crippen LogP contribution in [0.4, 0.5) is 0 Å². The van der Waals surface area contributed by atoms with Gasteiger partial charge in [0.15, 0.2) is 17.2 Å². The molecule has 188 valence electrons. The molecule has 0 amide bonds. The molecule has 2 rings (SSSR count). The highest BCUT2D eigenvalue weighted by Crippen LogP contribution is 2.32. The molecule has 8 nitrogen and oxygen atoms in total. The van der Waals surface area contributed by atoms with E-state index in [1.165, 1.54) is 26.3 Å². The molecule has 0 radical (unpaired) electrons. The molecule has 1 heterocycles. The molecular weight excluding hydrogens is 497 g/mol. The van der Waals surface area contributed by atoms with Crippen molar-refractivity contribution in [2.24, 2.45) is 5.92 Å². The minimum atomic E-state index is -0.813. The van der Waals surface area contributed by atoms with Gasteiger partial charge in [0, 0.05) is 37.1 Å². The van der Waals surface area contributed by atoms with Crippen LogP contribution in [0.15, 0.2) is 43.1 Å². The predicted molar refractivity (Wildman–Crippen MR) is 131 cm³/mol. The lowest BCUT2D eigenvalue weighted by molar-refractivity contribution is -0.157. The first-order chi connectivity index (χ1) is 16.6. The van der Waals surface area contributed by atoms with Crippen LogP contribution in [0.5, 0.6) is 17.2 Å². The lowest BCUT2D eigenvalue weighted by atomic mass is 10.0. The molecule has 35 heavy (non-hydrogen) atoms. The Balaban J connectivity index is 2.09. The van der Waals surface area contributed by atoms with Crippen molar-refractivity contribution < 1.29 is 33.3 Å². The number of hydrogen-bond acceptors (Lipinski definition) is 8. The second-order valence-corrected chi connectivity index (χ2v) is 8.55. The van der Waals surface area contributed by atoms with Gasteiger partial charge in [0.2, 0.25) is 5.75 Å². The van der Waals surface area contributed by atoms with Crippen molar-refractivity contribution in [2.45, 2.75) is 45.8 Å². The van der Waals surface area contributed by atoms with E-state index in [1.54, 1.807) is 38.1 Å². The summed E-state index contributed by atoms with van der Waals surface area (Å²) in [5.74, 6) is -2.11. The molecule has 0 bridgehead atoms. The van der Waals surface area contributed by atoms with Crippen molar-refractivity contribution in [3.8, 4) is 17.2 Å². The molecule has 1 aromatic heterocycles. The number of halogens is 2. The first-order valence-corrected chi connectivity index (χ1v) is 11.5. The van der Waals surface area contributed by atoms with Crippen LogP contribution in [0.1, 0.15) is 44.1 Å². The third-order valence-corrected chi connectivity index (χ3v) is 5.42. The van der Waals surface area contributed by atoms with E-state index in [9.17, 15) is 14.4 Å². The fourth-order valence-corrected chi connectivity index (χ4v) is 3.55. The molecule has 0 unspecified atom stereocenters. The van der Waals surface area contributed by atoms with Gasteiger partial charge in [-0.25, -0.2) is 4.98 Å². The Labute approximate surface area is 214 Å². The number of hydrogen-bond donors (Lipinski definition) is 0. The van der Waals surface area contributed by atoms with Gasteiger partial charge in [-0.15, -0.1) is 6.58 Å². The van der Waals surface area contributed by atoms with Crippen LogP contribution in [0.25, 0.3) is 0 Å². The Bertz CT molecular complexity index is 1090. The van der Waals surface area contributed by atoms with Crippen molar-refractivity contribution in [2.75, 3.05) is 7.11 Å². The fraction of sp³-hybridized carbons (Fsp3) is 0.360. The molecule has 0 N–H and O–H groups in total. The van der Waals surface area contributed by atoms with Crippen molar-refractivity contribution >= 4 is 40.9 Å². The number of aromatic nitrogens is 1. The van der Waals surface area contributed by atoms with E-state index in [1.807, 2.05) is 0 Å². The quantitative estimate of drug-likeness (QED) is 0.204. The minimum absolute atomic E-state index is 0.0966. The number of pyridine rings is 1. The van der Waals surface area contributed by atoms with E-state index in [0.29, 0.717) is 22.2 Å². The predicted octanol–water partition coefficient (Wildman–Crippen LogP) is 5.49. The molecule has 2 aromatic rings. The number of Topliss-reactive ketones (excluding diaryl/α,β-unsaturated/α-hetero) is 1. The van der Waals surface area contributed by atoms with Gasteiger partial charge in [0.1, 0.15) is 18.0 Å². The van der Waals surface area contributed by atoms with E-state index in [4.69, 9.17) is 42.1 Å². The maximum absolute atomic E-state index is 12.9. The summed E-state index contributed by atoms with van der Waals surface area (Å²) in [7, 11) is 1.37. The van der Waals surface area contributed by atoms with Gasteiger partial charge in [0.05, 0.1) is 18.1 Å². The maximum Gasteiger partial charge on any atom is 0.309 e. The third kappa shape index (κ3) is 7.97. The van der Waals surface area contributed by atoms with Gasteiger partial charge in [0.25, 0.3) is 0 Å². The molecule has 10 heteroatoms. The summed E-state index contributed by atoms with van der Waals surface area (Å²) in [6, 6.07) is 6.26. The van der Waals surface area contributed by atoms with Crippen molar-refractivity contribution in [3.63, 3.8) is 0 Å². The van der Waals surface area contributed by atoms with Gasteiger partial charge >= 0.3 is 11.9 Å². The van der Waals surface area contributed by atoms with Crippen molar-refractivity contribution in [1.82, 2.24) is 4.98 Å². The molecule has 0 aliphatic rings. The normalized spacial score (nSPS) is 13.2. The molecule has 3 atom stereocenters. The summed E-state index contributed by atoms with van der Waals surface area (Å²) in [6.07, 6.45) is 1.88. The number of rotatable bonds is 12. The summed E-state index contributed by atoms with van der Waals surface area (Å²) >= 11 is 12.1. The van der Waals surface area contributed by atoms with Crippen LogP contribution in [-0.4, -0.2) is 42.0 Å². The first-order valence-electron chi connectivity index (χ1n) is 10.7. The number of carbonyl (C=O) groups excluding carboxylic acids is 3. The summed E-state index contributed by atoms with van der Waals surface area (Å²) in [6.45, 7) is 8.14. The van der Waals surface area contributed by atoms with Gasteiger partial charge in [-0.2, -0.15) is 0 Å². The summed E-state index contributed by atoms with van der Waals surface area (Å²) in [5, 5.41) is 0.779. The monoisotopic (exact) mass is 523 g/mol. The lowest BCUT2D eigenvalue weighted by Gasteiger charge is -2.26. The first kappa shape index (κ1) is 28.1. The zero-order chi connectivity index (χ0) is 26.1. The van der Waals surface area contributed by atoms with Crippen LogP contribution < -0.4 is 14.2 Å². The lowest BCUT2D eigenvalue weighted by Crippen LogP contribution is -2.35. The molecule has 0 aliphatic heterocycles. The van der Waals surface area contributed by atoms with Crippen LogP contribution in [-0.2, 0) is 14.3 Å². The highest BCUT2D eigenvalue weighted by Gasteiger charge is 2.29. The Morgan fingerprint density at radius 1 is 1.14 bits per heavy atom. The van der Waals surface area contributed by atoms with Crippen LogP contribution >= 0.6 is 23.2 Å². The topological polar surface area (TPSA) is 101 Å². The highest BCUT2D eigenvalue weighted by molar-refractivity contribution is 6.35. The minimum Gasteiger partial charge on any atom is -0.493 e. The Morgan fingerprint density at radius 2 is 1.86 bits per heavy atom. The van der Waals surface area contributed by atoms with Gasteiger partial charge in [-0.1, -0.05) is 36.2 Å². The number of nitrogens with zero attached hydrogens (tertiary/aromatic N) is 1. The SMILES string of the molecule is C=CC[C@@H](Oc1ccc(Cl)cc1Cl)[C@H](C)OC(=O)[C@H](C)CC(=O)c1nccc(OC)c1OC(C)=O. The van der Waals surface area contributed by atoms with Gasteiger partial charge < -0.3 is 18.9 Å². The zero-order valence-electron chi connectivity index (χ0n) is 19.9. The highest BCUT2D eigenvalue weighted by atomic mass is 35.5. The number of esters is 2. The van der Waals surface area contributed by atoms with Crippen molar-refractivity contribution in [3.05, 3.63) is 58.9 Å². The number of methoxy groups -OCH3 is 1. The van der Waals surface area contributed by atoms with E-state index in [2.05, 4.69) is 11.6 Å². The molecule has 1 aromatic carbocycles. The van der Waals surface area contributed by atoms with E-state index < -0.39 is 35.8 Å². The second kappa shape index (κ2) is 13.1. The summed E-state index contributed by atoms with van der Waals surface area (Å²) in [5.41, 5.74) is -0.113. The fourth-order valence-electron chi connectivity index (χ4n) is 3.10. The molecule has 0 spiro atoms. The Kier molecular flexibility index (Phi) is 10.5. The second-order valence-electron chi connectivity index (χ2n) is 7.71. The number of carbonyl (C=O) groups is 3. The summed E-state index contributed by atoms with van der Waals surface area (Å²) in [4.78, 5) is 41.1. The molecule has 0 fully saturated rings. The van der Waals surface area contributed by atoms with E-state index in [-0.39, 0.29) is 23.6 Å². The molecule has 0 saturated carbocycles. The van der Waals surface area contributed by atoms with Crippen LogP contribution in [0.3, 0.4) is 0 Å². The van der Waals surface area contributed by atoms with E-state index in [0.717, 1.165) is 0 Å². The zero-order valence-corrected chi connectivity index (χ0v) is 21.4. The largest absolute Gasteiger partial charge is 0.493 e. The average molecular weight is 524 g/mol. The van der Waals surface area contributed by atoms with Gasteiger partial charge in [-0.3, -0.25) is 14.4 Å². The van der Waals surface area contributed by atoms with Gasteiger partial charge in [-0.05, 0) is 25.1 Å². The molecular formula is C25H27Cl2NO7. The average Bonchev–Trinajstić information content (AvgIpc) is 2.79.